The summed E-state index contributed by atoms with van der Waals surface area (Å²) >= 11 is 1.70. The van der Waals surface area contributed by atoms with Crippen LogP contribution in [0.25, 0.3) is 0 Å². The third-order valence-electron chi connectivity index (χ3n) is 3.87. The zero-order valence-electron chi connectivity index (χ0n) is 12.4. The van der Waals surface area contributed by atoms with Crippen LogP contribution >= 0.6 is 11.3 Å². The van der Waals surface area contributed by atoms with Gasteiger partial charge in [0, 0.05) is 23.7 Å². The van der Waals surface area contributed by atoms with Crippen molar-refractivity contribution in [2.75, 3.05) is 30.3 Å². The van der Waals surface area contributed by atoms with E-state index in [-0.39, 0.29) is 11.9 Å². The first kappa shape index (κ1) is 15.5. The van der Waals surface area contributed by atoms with Crippen LogP contribution < -0.4 is 4.90 Å². The van der Waals surface area contributed by atoms with Gasteiger partial charge in [-0.3, -0.25) is 0 Å². The topological polar surface area (TPSA) is 46.6 Å². The molecule has 1 aromatic carbocycles. The predicted octanol–water partition coefficient (Wildman–Crippen LogP) is 3.12. The molecular weight excluding hydrogens is 318 g/mol. The Morgan fingerprint density at radius 2 is 2.05 bits per heavy atom. The molecule has 1 atom stereocenters. The van der Waals surface area contributed by atoms with E-state index in [9.17, 15) is 8.42 Å². The van der Waals surface area contributed by atoms with Crippen molar-refractivity contribution in [3.05, 3.63) is 46.7 Å². The zero-order valence-corrected chi connectivity index (χ0v) is 14.1. The Kier molecular flexibility index (Phi) is 4.52. The van der Waals surface area contributed by atoms with Crippen LogP contribution in [0.3, 0.4) is 0 Å². The molecular formula is C16H19NO3S2. The van der Waals surface area contributed by atoms with E-state index in [4.69, 9.17) is 4.74 Å². The van der Waals surface area contributed by atoms with Crippen molar-refractivity contribution in [3.8, 4) is 0 Å². The number of thiophene rings is 1. The molecule has 2 heterocycles. The summed E-state index contributed by atoms with van der Waals surface area (Å²) in [6.07, 6.45) is 0.0906. The van der Waals surface area contributed by atoms with Crippen molar-refractivity contribution in [2.24, 2.45) is 0 Å². The fourth-order valence-corrected chi connectivity index (χ4v) is 4.21. The lowest BCUT2D eigenvalue weighted by Crippen LogP contribution is -2.38. The minimum absolute atomic E-state index is 0.0906. The summed E-state index contributed by atoms with van der Waals surface area (Å²) in [5, 5.41) is 2.06. The van der Waals surface area contributed by atoms with Gasteiger partial charge in [-0.05, 0) is 35.7 Å². The van der Waals surface area contributed by atoms with Gasteiger partial charge >= 0.3 is 0 Å². The smallest absolute Gasteiger partial charge is 0.178 e. The van der Waals surface area contributed by atoms with Crippen molar-refractivity contribution in [1.82, 2.24) is 0 Å². The molecule has 0 bridgehead atoms. The average molecular weight is 337 g/mol. The van der Waals surface area contributed by atoms with Gasteiger partial charge in [0.05, 0.1) is 17.3 Å². The van der Waals surface area contributed by atoms with E-state index < -0.39 is 9.84 Å². The van der Waals surface area contributed by atoms with Crippen molar-refractivity contribution < 1.29 is 13.2 Å². The van der Waals surface area contributed by atoms with E-state index in [0.717, 1.165) is 18.8 Å². The SMILES string of the molecule is CCS(=O)(=O)c1ccc(N2CCO[C@@H](c3cccs3)C2)cc1. The maximum Gasteiger partial charge on any atom is 0.178 e. The highest BCUT2D eigenvalue weighted by molar-refractivity contribution is 7.91. The molecule has 22 heavy (non-hydrogen) atoms. The number of hydrogen-bond acceptors (Lipinski definition) is 5. The van der Waals surface area contributed by atoms with Crippen LogP contribution in [0.1, 0.15) is 17.9 Å². The third-order valence-corrected chi connectivity index (χ3v) is 6.58. The summed E-state index contributed by atoms with van der Waals surface area (Å²) in [6.45, 7) is 3.95. The van der Waals surface area contributed by atoms with E-state index >= 15 is 0 Å². The highest BCUT2D eigenvalue weighted by atomic mass is 32.2. The minimum atomic E-state index is -3.13. The lowest BCUT2D eigenvalue weighted by Gasteiger charge is -2.34. The second kappa shape index (κ2) is 6.40. The maximum atomic E-state index is 11.9. The molecule has 118 valence electrons. The molecule has 0 radical (unpaired) electrons. The standard InChI is InChI=1S/C16H19NO3S2/c1-2-22(18,19)14-7-5-13(6-8-14)17-9-10-20-15(12-17)16-4-3-11-21-16/h3-8,11,15H,2,9-10,12H2,1H3/t15-/m1/s1. The van der Waals surface area contributed by atoms with Gasteiger partial charge in [-0.2, -0.15) is 0 Å². The summed E-state index contributed by atoms with van der Waals surface area (Å²) in [5.41, 5.74) is 1.04. The Balaban J connectivity index is 1.76. The van der Waals surface area contributed by atoms with Crippen LogP contribution in [0.15, 0.2) is 46.7 Å². The maximum absolute atomic E-state index is 11.9. The molecule has 0 amide bonds. The van der Waals surface area contributed by atoms with Gasteiger partial charge < -0.3 is 9.64 Å². The first-order valence-corrected chi connectivity index (χ1v) is 9.86. The number of sulfone groups is 1. The van der Waals surface area contributed by atoms with Crippen LogP contribution in [-0.4, -0.2) is 33.9 Å². The zero-order chi connectivity index (χ0) is 15.6. The van der Waals surface area contributed by atoms with Crippen LogP contribution in [0.4, 0.5) is 5.69 Å². The number of benzene rings is 1. The van der Waals surface area contributed by atoms with Gasteiger partial charge in [0.25, 0.3) is 0 Å². The molecule has 2 aromatic rings. The van der Waals surface area contributed by atoms with Gasteiger partial charge in [0.2, 0.25) is 0 Å². The van der Waals surface area contributed by atoms with Crippen LogP contribution in [0.2, 0.25) is 0 Å². The van der Waals surface area contributed by atoms with Crippen molar-refractivity contribution >= 4 is 26.9 Å². The van der Waals surface area contributed by atoms with Gasteiger partial charge in [-0.25, -0.2) is 8.42 Å². The van der Waals surface area contributed by atoms with E-state index in [1.807, 2.05) is 18.2 Å². The number of nitrogens with zero attached hydrogens (tertiary/aromatic N) is 1. The highest BCUT2D eigenvalue weighted by Gasteiger charge is 2.23. The molecule has 0 aliphatic carbocycles. The summed E-state index contributed by atoms with van der Waals surface area (Å²) in [6, 6.07) is 11.3. The van der Waals surface area contributed by atoms with Gasteiger partial charge in [0.15, 0.2) is 9.84 Å². The quantitative estimate of drug-likeness (QED) is 0.860. The van der Waals surface area contributed by atoms with Crippen molar-refractivity contribution in [1.29, 1.82) is 0 Å². The molecule has 3 rings (SSSR count). The van der Waals surface area contributed by atoms with Crippen molar-refractivity contribution in [2.45, 2.75) is 17.9 Å². The number of ether oxygens (including phenoxy) is 1. The first-order chi connectivity index (χ1) is 10.6. The molecule has 0 saturated carbocycles. The fraction of sp³-hybridized carbons (Fsp3) is 0.375. The Morgan fingerprint density at radius 3 is 2.68 bits per heavy atom. The molecule has 0 N–H and O–H groups in total. The lowest BCUT2D eigenvalue weighted by molar-refractivity contribution is 0.0421. The summed E-state index contributed by atoms with van der Waals surface area (Å²) in [5.74, 6) is 0.129. The Morgan fingerprint density at radius 1 is 1.27 bits per heavy atom. The van der Waals surface area contributed by atoms with Crippen LogP contribution in [0, 0.1) is 0 Å². The van der Waals surface area contributed by atoms with E-state index in [1.165, 1.54) is 4.88 Å². The number of rotatable bonds is 4. The largest absolute Gasteiger partial charge is 0.369 e. The first-order valence-electron chi connectivity index (χ1n) is 7.33. The summed E-state index contributed by atoms with van der Waals surface area (Å²) in [7, 11) is -3.13. The van der Waals surface area contributed by atoms with E-state index in [2.05, 4.69) is 16.3 Å². The molecule has 1 saturated heterocycles. The molecule has 1 aromatic heterocycles. The highest BCUT2D eigenvalue weighted by Crippen LogP contribution is 2.29. The van der Waals surface area contributed by atoms with Crippen LogP contribution in [-0.2, 0) is 14.6 Å². The van der Waals surface area contributed by atoms with Gasteiger partial charge in [-0.15, -0.1) is 11.3 Å². The van der Waals surface area contributed by atoms with Crippen LogP contribution in [0.5, 0.6) is 0 Å². The number of hydrogen-bond donors (Lipinski definition) is 0. The van der Waals surface area contributed by atoms with Crippen molar-refractivity contribution in [3.63, 3.8) is 0 Å². The Hall–Kier alpha value is -1.37. The molecule has 1 aliphatic heterocycles. The molecule has 1 aliphatic rings. The number of anilines is 1. The van der Waals surface area contributed by atoms with E-state index in [0.29, 0.717) is 11.5 Å². The van der Waals surface area contributed by atoms with Gasteiger partial charge in [-0.1, -0.05) is 13.0 Å². The third kappa shape index (κ3) is 3.19. The lowest BCUT2D eigenvalue weighted by atomic mass is 10.2. The molecule has 6 heteroatoms. The second-order valence-electron chi connectivity index (χ2n) is 5.22. The molecule has 0 unspecified atom stereocenters. The molecule has 4 nitrogen and oxygen atoms in total. The Bertz CT molecular complexity index is 708. The summed E-state index contributed by atoms with van der Waals surface area (Å²) < 4.78 is 29.6. The van der Waals surface area contributed by atoms with E-state index in [1.54, 1.807) is 30.4 Å². The second-order valence-corrected chi connectivity index (χ2v) is 8.48. The normalized spacial score (nSPS) is 19.3. The average Bonchev–Trinajstić information content (AvgIpc) is 3.10. The van der Waals surface area contributed by atoms with Gasteiger partial charge in [0.1, 0.15) is 6.10 Å². The molecule has 1 fully saturated rings. The predicted molar refractivity (Wildman–Crippen MR) is 89.4 cm³/mol. The minimum Gasteiger partial charge on any atom is -0.369 e. The fourth-order valence-electron chi connectivity index (χ4n) is 2.56. The summed E-state index contributed by atoms with van der Waals surface area (Å²) in [4.78, 5) is 3.87. The Labute approximate surface area is 135 Å². The monoisotopic (exact) mass is 337 g/mol. The number of morpholine rings is 1. The molecule has 0 spiro atoms.